The van der Waals surface area contributed by atoms with Gasteiger partial charge in [0, 0.05) is 19.2 Å². The number of nitrogens with one attached hydrogen (secondary N) is 1. The Morgan fingerprint density at radius 2 is 2.00 bits per heavy atom. The standard InChI is InChI=1S/C12H23NO2S/c14-12(9-15-8-10-1-2-10)7-13-11-3-5-16-6-4-11/h10-14H,1-9H2. The first-order chi connectivity index (χ1) is 7.84. The molecule has 3 nitrogen and oxygen atoms in total. The summed E-state index contributed by atoms with van der Waals surface area (Å²) in [5.41, 5.74) is 0. The van der Waals surface area contributed by atoms with Gasteiger partial charge in [0.15, 0.2) is 0 Å². The number of ether oxygens (including phenoxy) is 1. The summed E-state index contributed by atoms with van der Waals surface area (Å²) in [6.45, 7) is 2.02. The van der Waals surface area contributed by atoms with E-state index in [-0.39, 0.29) is 6.10 Å². The minimum atomic E-state index is -0.340. The second-order valence-electron chi connectivity index (χ2n) is 4.93. The van der Waals surface area contributed by atoms with E-state index in [9.17, 15) is 5.11 Å². The lowest BCUT2D eigenvalue weighted by Crippen LogP contribution is -2.39. The van der Waals surface area contributed by atoms with Crippen LogP contribution in [0, 0.1) is 5.92 Å². The van der Waals surface area contributed by atoms with Crippen molar-refractivity contribution < 1.29 is 9.84 Å². The van der Waals surface area contributed by atoms with Crippen molar-refractivity contribution in [2.45, 2.75) is 37.8 Å². The quantitative estimate of drug-likeness (QED) is 0.708. The van der Waals surface area contributed by atoms with Gasteiger partial charge in [-0.05, 0) is 43.1 Å². The summed E-state index contributed by atoms with van der Waals surface area (Å²) in [6.07, 6.45) is 4.76. The molecule has 16 heavy (non-hydrogen) atoms. The number of hydrogen-bond donors (Lipinski definition) is 2. The van der Waals surface area contributed by atoms with Crippen LogP contribution in [0.4, 0.5) is 0 Å². The van der Waals surface area contributed by atoms with Crippen LogP contribution >= 0.6 is 11.8 Å². The van der Waals surface area contributed by atoms with Crippen LogP contribution in [0.5, 0.6) is 0 Å². The molecule has 2 rings (SSSR count). The molecule has 2 N–H and O–H groups in total. The van der Waals surface area contributed by atoms with Crippen LogP contribution in [0.3, 0.4) is 0 Å². The molecule has 1 unspecified atom stereocenters. The maximum atomic E-state index is 9.72. The smallest absolute Gasteiger partial charge is 0.0897 e. The van der Waals surface area contributed by atoms with Gasteiger partial charge in [-0.3, -0.25) is 0 Å². The van der Waals surface area contributed by atoms with E-state index in [0.717, 1.165) is 12.5 Å². The minimum Gasteiger partial charge on any atom is -0.389 e. The van der Waals surface area contributed by atoms with Gasteiger partial charge in [0.1, 0.15) is 0 Å². The topological polar surface area (TPSA) is 41.5 Å². The first-order valence-corrected chi connectivity index (χ1v) is 7.57. The molecule has 0 amide bonds. The highest BCUT2D eigenvalue weighted by atomic mass is 32.2. The number of aliphatic hydroxyl groups excluding tert-OH is 1. The van der Waals surface area contributed by atoms with Crippen molar-refractivity contribution in [3.63, 3.8) is 0 Å². The molecule has 1 saturated carbocycles. The first kappa shape index (κ1) is 12.7. The van der Waals surface area contributed by atoms with Gasteiger partial charge in [0.25, 0.3) is 0 Å². The average Bonchev–Trinajstić information content (AvgIpc) is 3.12. The lowest BCUT2D eigenvalue weighted by Gasteiger charge is -2.24. The fourth-order valence-corrected chi connectivity index (χ4v) is 3.03. The second-order valence-corrected chi connectivity index (χ2v) is 6.15. The highest BCUT2D eigenvalue weighted by molar-refractivity contribution is 7.99. The Hall–Kier alpha value is 0.230. The van der Waals surface area contributed by atoms with Crippen molar-refractivity contribution in [1.29, 1.82) is 0 Å². The predicted octanol–water partition coefficient (Wildman–Crippen LogP) is 1.26. The van der Waals surface area contributed by atoms with Crippen molar-refractivity contribution >= 4 is 11.8 Å². The molecule has 0 bridgehead atoms. The van der Waals surface area contributed by atoms with E-state index in [1.54, 1.807) is 0 Å². The van der Waals surface area contributed by atoms with E-state index in [2.05, 4.69) is 5.32 Å². The molecule has 1 atom stereocenters. The zero-order chi connectivity index (χ0) is 11.2. The van der Waals surface area contributed by atoms with Crippen molar-refractivity contribution in [3.05, 3.63) is 0 Å². The Labute approximate surface area is 102 Å². The molecular weight excluding hydrogens is 222 g/mol. The molecule has 1 heterocycles. The fraction of sp³-hybridized carbons (Fsp3) is 1.00. The second kappa shape index (κ2) is 6.84. The Morgan fingerprint density at radius 1 is 1.25 bits per heavy atom. The highest BCUT2D eigenvalue weighted by Gasteiger charge is 2.21. The summed E-state index contributed by atoms with van der Waals surface area (Å²) in [5.74, 6) is 3.30. The fourth-order valence-electron chi connectivity index (χ4n) is 1.92. The van der Waals surface area contributed by atoms with Gasteiger partial charge in [0.2, 0.25) is 0 Å². The largest absolute Gasteiger partial charge is 0.389 e. The number of thioether (sulfide) groups is 1. The van der Waals surface area contributed by atoms with Gasteiger partial charge < -0.3 is 15.2 Å². The number of rotatable bonds is 7. The maximum absolute atomic E-state index is 9.72. The average molecular weight is 245 g/mol. The lowest BCUT2D eigenvalue weighted by molar-refractivity contribution is 0.0311. The Bertz CT molecular complexity index is 193. The molecule has 0 radical (unpaired) electrons. The predicted molar refractivity (Wildman–Crippen MR) is 67.9 cm³/mol. The van der Waals surface area contributed by atoms with Crippen LogP contribution in [-0.4, -0.2) is 48.5 Å². The number of hydrogen-bond acceptors (Lipinski definition) is 4. The third kappa shape index (κ3) is 5.04. The molecule has 1 saturated heterocycles. The van der Waals surface area contributed by atoms with E-state index in [0.29, 0.717) is 19.2 Å². The van der Waals surface area contributed by atoms with Gasteiger partial charge in [-0.2, -0.15) is 11.8 Å². The lowest BCUT2D eigenvalue weighted by atomic mass is 10.1. The van der Waals surface area contributed by atoms with Gasteiger partial charge in [-0.25, -0.2) is 0 Å². The first-order valence-electron chi connectivity index (χ1n) is 6.41. The zero-order valence-electron chi connectivity index (χ0n) is 9.86. The normalized spacial score (nSPS) is 24.6. The summed E-state index contributed by atoms with van der Waals surface area (Å²) < 4.78 is 5.47. The van der Waals surface area contributed by atoms with E-state index >= 15 is 0 Å². The van der Waals surface area contributed by atoms with Crippen LogP contribution < -0.4 is 5.32 Å². The summed E-state index contributed by atoms with van der Waals surface area (Å²) in [4.78, 5) is 0. The summed E-state index contributed by atoms with van der Waals surface area (Å²) in [5, 5.41) is 13.2. The molecule has 0 aromatic rings. The van der Waals surface area contributed by atoms with Crippen LogP contribution in [0.15, 0.2) is 0 Å². The molecule has 0 aromatic carbocycles. The third-order valence-electron chi connectivity index (χ3n) is 3.22. The van der Waals surface area contributed by atoms with E-state index in [1.165, 1.54) is 37.2 Å². The van der Waals surface area contributed by atoms with Crippen LogP contribution in [-0.2, 0) is 4.74 Å². The van der Waals surface area contributed by atoms with Crippen molar-refractivity contribution in [3.8, 4) is 0 Å². The number of aliphatic hydroxyl groups is 1. The van der Waals surface area contributed by atoms with Crippen molar-refractivity contribution in [2.24, 2.45) is 5.92 Å². The van der Waals surface area contributed by atoms with E-state index < -0.39 is 0 Å². The maximum Gasteiger partial charge on any atom is 0.0897 e. The monoisotopic (exact) mass is 245 g/mol. The molecule has 1 aliphatic carbocycles. The highest BCUT2D eigenvalue weighted by Crippen LogP contribution is 2.28. The van der Waals surface area contributed by atoms with Crippen LogP contribution in [0.2, 0.25) is 0 Å². The minimum absolute atomic E-state index is 0.340. The van der Waals surface area contributed by atoms with Gasteiger partial charge in [-0.15, -0.1) is 0 Å². The van der Waals surface area contributed by atoms with Crippen molar-refractivity contribution in [1.82, 2.24) is 5.32 Å². The molecule has 94 valence electrons. The van der Waals surface area contributed by atoms with E-state index in [4.69, 9.17) is 4.74 Å². The molecule has 2 aliphatic rings. The molecule has 1 aliphatic heterocycles. The third-order valence-corrected chi connectivity index (χ3v) is 4.27. The van der Waals surface area contributed by atoms with Gasteiger partial charge in [0.05, 0.1) is 12.7 Å². The SMILES string of the molecule is OC(CNC1CCSCC1)COCC1CC1. The summed E-state index contributed by atoms with van der Waals surface area (Å²) in [7, 11) is 0. The van der Waals surface area contributed by atoms with Gasteiger partial charge >= 0.3 is 0 Å². The summed E-state index contributed by atoms with van der Waals surface area (Å²) >= 11 is 2.03. The molecule has 0 spiro atoms. The Balaban J connectivity index is 1.46. The van der Waals surface area contributed by atoms with Crippen molar-refractivity contribution in [2.75, 3.05) is 31.3 Å². The molecular formula is C12H23NO2S. The molecule has 0 aromatic heterocycles. The van der Waals surface area contributed by atoms with Gasteiger partial charge in [-0.1, -0.05) is 0 Å². The zero-order valence-corrected chi connectivity index (χ0v) is 10.7. The molecule has 2 fully saturated rings. The Morgan fingerprint density at radius 3 is 2.69 bits per heavy atom. The summed E-state index contributed by atoms with van der Waals surface area (Å²) in [6, 6.07) is 0.610. The molecule has 4 heteroatoms. The van der Waals surface area contributed by atoms with Crippen LogP contribution in [0.1, 0.15) is 25.7 Å². The van der Waals surface area contributed by atoms with Crippen LogP contribution in [0.25, 0.3) is 0 Å². The van der Waals surface area contributed by atoms with E-state index in [1.807, 2.05) is 11.8 Å². The Kier molecular flexibility index (Phi) is 5.42.